The third-order valence-corrected chi connectivity index (χ3v) is 2.91. The van der Waals surface area contributed by atoms with E-state index in [9.17, 15) is 9.59 Å². The zero-order valence-corrected chi connectivity index (χ0v) is 10.6. The smallest absolute Gasteiger partial charge is 0.331 e. The van der Waals surface area contributed by atoms with Gasteiger partial charge in [-0.1, -0.05) is 0 Å². The van der Waals surface area contributed by atoms with E-state index in [-0.39, 0.29) is 18.1 Å². The van der Waals surface area contributed by atoms with Gasteiger partial charge in [0.05, 0.1) is 5.88 Å². The molecule has 0 aliphatic heterocycles. The zero-order valence-electron chi connectivity index (χ0n) is 9.86. The highest BCUT2D eigenvalue weighted by Crippen LogP contribution is 2.20. The molecular weight excluding hydrogens is 244 g/mol. The average Bonchev–Trinajstić information content (AvgIpc) is 2.79. The molecule has 4 nitrogen and oxygen atoms in total. The predicted octanol–water partition coefficient (Wildman–Crippen LogP) is 2.20. The summed E-state index contributed by atoms with van der Waals surface area (Å²) in [4.78, 5) is 22.5. The molecule has 0 saturated heterocycles. The van der Waals surface area contributed by atoms with Crippen molar-refractivity contribution in [3.05, 3.63) is 12.2 Å². The first kappa shape index (κ1) is 14.0. The minimum atomic E-state index is -0.582. The van der Waals surface area contributed by atoms with E-state index >= 15 is 0 Å². The molecular formula is C12H17ClO4. The Morgan fingerprint density at radius 2 is 1.88 bits per heavy atom. The van der Waals surface area contributed by atoms with E-state index in [1.54, 1.807) is 6.92 Å². The van der Waals surface area contributed by atoms with Gasteiger partial charge in [0, 0.05) is 12.2 Å². The first-order valence-electron chi connectivity index (χ1n) is 5.77. The van der Waals surface area contributed by atoms with Crippen molar-refractivity contribution in [1.29, 1.82) is 0 Å². The summed E-state index contributed by atoms with van der Waals surface area (Å²) in [5.74, 6) is -0.847. The molecule has 96 valence electrons. The summed E-state index contributed by atoms with van der Waals surface area (Å²) in [6, 6.07) is 0. The van der Waals surface area contributed by atoms with Crippen molar-refractivity contribution in [2.45, 2.75) is 44.8 Å². The molecule has 0 heterocycles. The lowest BCUT2D eigenvalue weighted by Crippen LogP contribution is -2.15. The van der Waals surface area contributed by atoms with Gasteiger partial charge >= 0.3 is 11.9 Å². The number of esters is 2. The summed E-state index contributed by atoms with van der Waals surface area (Å²) in [7, 11) is 0. The predicted molar refractivity (Wildman–Crippen MR) is 63.8 cm³/mol. The lowest BCUT2D eigenvalue weighted by molar-refractivity contribution is -0.144. The van der Waals surface area contributed by atoms with Crippen molar-refractivity contribution in [3.8, 4) is 0 Å². The molecule has 0 radical (unpaired) electrons. The summed E-state index contributed by atoms with van der Waals surface area (Å²) in [6.45, 7) is 1.68. The fourth-order valence-corrected chi connectivity index (χ4v) is 1.68. The van der Waals surface area contributed by atoms with Crippen LogP contribution in [0.25, 0.3) is 0 Å². The van der Waals surface area contributed by atoms with E-state index in [4.69, 9.17) is 21.1 Å². The lowest BCUT2D eigenvalue weighted by Gasteiger charge is -2.09. The fourth-order valence-electron chi connectivity index (χ4n) is 1.61. The maximum absolute atomic E-state index is 11.3. The lowest BCUT2D eigenvalue weighted by atomic mass is 10.3. The number of ether oxygens (including phenoxy) is 2. The summed E-state index contributed by atoms with van der Waals surface area (Å²) >= 11 is 5.48. The zero-order chi connectivity index (χ0) is 12.7. The van der Waals surface area contributed by atoms with Gasteiger partial charge in [0.25, 0.3) is 0 Å². The highest BCUT2D eigenvalue weighted by atomic mass is 35.5. The molecule has 0 spiro atoms. The number of alkyl halides is 1. The molecule has 0 aromatic carbocycles. The molecule has 1 aliphatic carbocycles. The van der Waals surface area contributed by atoms with Gasteiger partial charge in [-0.05, 0) is 32.6 Å². The van der Waals surface area contributed by atoms with Crippen molar-refractivity contribution in [1.82, 2.24) is 0 Å². The molecule has 0 amide bonds. The van der Waals surface area contributed by atoms with E-state index in [0.29, 0.717) is 0 Å². The van der Waals surface area contributed by atoms with Crippen LogP contribution in [0.3, 0.4) is 0 Å². The van der Waals surface area contributed by atoms with Gasteiger partial charge in [-0.2, -0.15) is 0 Å². The molecule has 0 bridgehead atoms. The van der Waals surface area contributed by atoms with Gasteiger partial charge in [-0.25, -0.2) is 9.59 Å². The van der Waals surface area contributed by atoms with Gasteiger partial charge in [0.15, 0.2) is 0 Å². The number of carbonyl (C=O) groups excluding carboxylic acids is 2. The number of rotatable bonds is 5. The van der Waals surface area contributed by atoms with Crippen molar-refractivity contribution in [2.24, 2.45) is 0 Å². The van der Waals surface area contributed by atoms with Crippen molar-refractivity contribution in [2.75, 3.05) is 5.88 Å². The second kappa shape index (κ2) is 7.33. The highest BCUT2D eigenvalue weighted by molar-refractivity contribution is 6.18. The highest BCUT2D eigenvalue weighted by Gasteiger charge is 2.18. The van der Waals surface area contributed by atoms with Crippen LogP contribution >= 0.6 is 11.6 Å². The average molecular weight is 261 g/mol. The molecule has 17 heavy (non-hydrogen) atoms. The quantitative estimate of drug-likeness (QED) is 0.432. The van der Waals surface area contributed by atoms with Crippen LogP contribution in [-0.2, 0) is 19.1 Å². The van der Waals surface area contributed by atoms with Gasteiger partial charge in [0.1, 0.15) is 12.2 Å². The second-order valence-electron chi connectivity index (χ2n) is 4.08. The summed E-state index contributed by atoms with van der Waals surface area (Å²) in [5.41, 5.74) is 0. The SMILES string of the molecule is CC(CCl)OC(=O)/C=C/C(=O)OC1CCCC1. The van der Waals surface area contributed by atoms with Crippen LogP contribution in [0, 0.1) is 0 Å². The van der Waals surface area contributed by atoms with Gasteiger partial charge in [0.2, 0.25) is 0 Å². The Bertz CT molecular complexity index is 295. The van der Waals surface area contributed by atoms with Crippen LogP contribution in [-0.4, -0.2) is 30.0 Å². The van der Waals surface area contributed by atoms with E-state index < -0.39 is 11.9 Å². The van der Waals surface area contributed by atoms with E-state index in [0.717, 1.165) is 37.8 Å². The maximum atomic E-state index is 11.3. The molecule has 1 rings (SSSR count). The topological polar surface area (TPSA) is 52.6 Å². The fraction of sp³-hybridized carbons (Fsp3) is 0.667. The van der Waals surface area contributed by atoms with Crippen molar-refractivity contribution < 1.29 is 19.1 Å². The molecule has 1 saturated carbocycles. The van der Waals surface area contributed by atoms with Crippen molar-refractivity contribution in [3.63, 3.8) is 0 Å². The molecule has 5 heteroatoms. The third-order valence-electron chi connectivity index (χ3n) is 2.48. The Morgan fingerprint density at radius 1 is 1.29 bits per heavy atom. The van der Waals surface area contributed by atoms with Crippen LogP contribution < -0.4 is 0 Å². The van der Waals surface area contributed by atoms with E-state index in [2.05, 4.69) is 0 Å². The molecule has 1 atom stereocenters. The first-order chi connectivity index (χ1) is 8.11. The Kier molecular flexibility index (Phi) is 6.05. The van der Waals surface area contributed by atoms with Gasteiger partial charge in [-0.15, -0.1) is 11.6 Å². The van der Waals surface area contributed by atoms with Crippen LogP contribution in [0.1, 0.15) is 32.6 Å². The summed E-state index contributed by atoms with van der Waals surface area (Å²) in [6.07, 6.45) is 5.82. The standard InChI is InChI=1S/C12H17ClO4/c1-9(8-13)16-11(14)6-7-12(15)17-10-4-2-3-5-10/h6-7,9-10H,2-5,8H2,1H3/b7-6+. The molecule has 1 fully saturated rings. The monoisotopic (exact) mass is 260 g/mol. The minimum Gasteiger partial charge on any atom is -0.459 e. The van der Waals surface area contributed by atoms with Crippen LogP contribution in [0.15, 0.2) is 12.2 Å². The summed E-state index contributed by atoms with van der Waals surface area (Å²) < 4.78 is 9.99. The van der Waals surface area contributed by atoms with Gasteiger partial charge in [-0.3, -0.25) is 0 Å². The molecule has 0 aromatic heterocycles. The Balaban J connectivity index is 2.26. The molecule has 1 aliphatic rings. The van der Waals surface area contributed by atoms with E-state index in [1.807, 2.05) is 0 Å². The first-order valence-corrected chi connectivity index (χ1v) is 6.30. The Labute approximate surface area is 106 Å². The van der Waals surface area contributed by atoms with Gasteiger partial charge < -0.3 is 9.47 Å². The second-order valence-corrected chi connectivity index (χ2v) is 4.39. The minimum absolute atomic E-state index is 0.00457. The maximum Gasteiger partial charge on any atom is 0.331 e. The van der Waals surface area contributed by atoms with Crippen LogP contribution in [0.5, 0.6) is 0 Å². The Hall–Kier alpha value is -1.03. The van der Waals surface area contributed by atoms with E-state index in [1.165, 1.54) is 0 Å². The number of halogens is 1. The molecule has 0 N–H and O–H groups in total. The number of carbonyl (C=O) groups is 2. The Morgan fingerprint density at radius 3 is 2.47 bits per heavy atom. The molecule has 1 unspecified atom stereocenters. The molecule has 0 aromatic rings. The largest absolute Gasteiger partial charge is 0.459 e. The third kappa shape index (κ3) is 5.73. The van der Waals surface area contributed by atoms with Crippen LogP contribution in [0.4, 0.5) is 0 Å². The number of hydrogen-bond acceptors (Lipinski definition) is 4. The summed E-state index contributed by atoms with van der Waals surface area (Å²) in [5, 5.41) is 0. The normalized spacial score (nSPS) is 18.2. The number of hydrogen-bond donors (Lipinski definition) is 0. The van der Waals surface area contributed by atoms with Crippen LogP contribution in [0.2, 0.25) is 0 Å². The van der Waals surface area contributed by atoms with Crippen molar-refractivity contribution >= 4 is 23.5 Å².